The summed E-state index contributed by atoms with van der Waals surface area (Å²) in [7, 11) is 4.71. The molecule has 6 heteroatoms. The summed E-state index contributed by atoms with van der Waals surface area (Å²) in [5, 5.41) is 8.90. The molecule has 100 valence electrons. The van der Waals surface area contributed by atoms with E-state index >= 15 is 0 Å². The van der Waals surface area contributed by atoms with Crippen molar-refractivity contribution in [2.45, 2.75) is 20.0 Å². The number of hydrogen-bond acceptors (Lipinski definition) is 5. The predicted octanol–water partition coefficient (Wildman–Crippen LogP) is 0.368. The molecular weight excluding hydrogens is 242 g/mol. The van der Waals surface area contributed by atoms with Crippen molar-refractivity contribution < 1.29 is 19.4 Å². The monoisotopic (exact) mass is 263 g/mol. The molecule has 0 aliphatic rings. The van der Waals surface area contributed by atoms with E-state index in [2.05, 4.69) is 0 Å². The number of nitrogens with zero attached hydrogens (tertiary/aromatic N) is 1. The van der Waals surface area contributed by atoms with E-state index in [1.165, 1.54) is 12.0 Å². The molecule has 1 N–H and O–H groups in total. The molecule has 0 saturated heterocycles. The molecular formula is C11H21NO4S. The molecule has 0 bridgehead atoms. The molecule has 1 atom stereocenters. The van der Waals surface area contributed by atoms with Crippen molar-refractivity contribution in [1.82, 2.24) is 4.90 Å². The molecule has 17 heavy (non-hydrogen) atoms. The lowest BCUT2D eigenvalue weighted by Gasteiger charge is -2.22. The van der Waals surface area contributed by atoms with Gasteiger partial charge in [-0.2, -0.15) is 0 Å². The van der Waals surface area contributed by atoms with E-state index in [1.54, 1.807) is 27.9 Å². The molecule has 0 aliphatic heterocycles. The molecule has 0 heterocycles. The molecule has 1 amide bonds. The molecule has 0 rings (SSSR count). The number of aliphatic hydroxyl groups is 1. The van der Waals surface area contributed by atoms with Crippen LogP contribution < -0.4 is 0 Å². The summed E-state index contributed by atoms with van der Waals surface area (Å²) in [5.74, 6) is 0.0880. The zero-order chi connectivity index (χ0) is 13.6. The third-order valence-corrected chi connectivity index (χ3v) is 3.60. The van der Waals surface area contributed by atoms with Crippen LogP contribution in [0.1, 0.15) is 13.8 Å². The molecule has 1 unspecified atom stereocenters. The lowest BCUT2D eigenvalue weighted by molar-refractivity contribution is -0.137. The summed E-state index contributed by atoms with van der Waals surface area (Å²) >= 11 is 1.01. The summed E-state index contributed by atoms with van der Waals surface area (Å²) in [6.45, 7) is 3.12. The number of carbonyl (C=O) groups excluding carboxylic acids is 2. The van der Waals surface area contributed by atoms with Gasteiger partial charge in [-0.1, -0.05) is 11.8 Å². The molecule has 0 fully saturated rings. The van der Waals surface area contributed by atoms with Crippen molar-refractivity contribution in [2.24, 2.45) is 5.41 Å². The minimum Gasteiger partial charge on any atom is -0.395 e. The molecule has 0 aromatic carbocycles. The largest absolute Gasteiger partial charge is 0.395 e. The van der Waals surface area contributed by atoms with E-state index in [4.69, 9.17) is 9.84 Å². The highest BCUT2D eigenvalue weighted by Crippen LogP contribution is 2.24. The number of likely N-dealkylation sites (N-methyl/N-ethyl adjacent to an activating group) is 1. The van der Waals surface area contributed by atoms with Gasteiger partial charge >= 0.3 is 0 Å². The van der Waals surface area contributed by atoms with E-state index in [-0.39, 0.29) is 23.4 Å². The third kappa shape index (κ3) is 5.06. The standard InChI is InChI=1S/C11H21NO4S/c1-11(2,7-13)10(15)17-6-8(16-5)9(14)12(3)4/h8,13H,6-7H2,1-5H3. The van der Waals surface area contributed by atoms with Crippen molar-refractivity contribution in [3.05, 3.63) is 0 Å². The van der Waals surface area contributed by atoms with Crippen LogP contribution in [0.2, 0.25) is 0 Å². The first-order valence-electron chi connectivity index (χ1n) is 5.28. The fourth-order valence-corrected chi connectivity index (χ4v) is 1.98. The van der Waals surface area contributed by atoms with Crippen molar-refractivity contribution in [3.8, 4) is 0 Å². The normalized spacial score (nSPS) is 13.3. The lowest BCUT2D eigenvalue weighted by atomic mass is 9.97. The topological polar surface area (TPSA) is 66.8 Å². The van der Waals surface area contributed by atoms with Gasteiger partial charge in [-0.05, 0) is 13.8 Å². The molecule has 0 aromatic heterocycles. The van der Waals surface area contributed by atoms with Gasteiger partial charge in [-0.15, -0.1) is 0 Å². The molecule has 0 radical (unpaired) electrons. The number of aliphatic hydroxyl groups excluding tert-OH is 1. The second-order valence-electron chi connectivity index (χ2n) is 4.60. The maximum absolute atomic E-state index is 11.7. The highest BCUT2D eigenvalue weighted by molar-refractivity contribution is 8.13. The number of hydrogen-bond donors (Lipinski definition) is 1. The number of amides is 1. The minimum atomic E-state index is -0.788. The first-order valence-corrected chi connectivity index (χ1v) is 6.27. The second kappa shape index (κ2) is 6.98. The SMILES string of the molecule is COC(CSC(=O)C(C)(C)CO)C(=O)N(C)C. The zero-order valence-electron chi connectivity index (χ0n) is 11.0. The number of rotatable bonds is 6. The lowest BCUT2D eigenvalue weighted by Crippen LogP contribution is -2.37. The molecule has 0 spiro atoms. The Bertz CT molecular complexity index is 279. The molecule has 0 saturated carbocycles. The van der Waals surface area contributed by atoms with Gasteiger partial charge in [0, 0.05) is 27.0 Å². The Morgan fingerprint density at radius 2 is 1.94 bits per heavy atom. The van der Waals surface area contributed by atoms with Gasteiger partial charge in [0.15, 0.2) is 5.12 Å². The number of ether oxygens (including phenoxy) is 1. The average molecular weight is 263 g/mol. The minimum absolute atomic E-state index is 0.145. The summed E-state index contributed by atoms with van der Waals surface area (Å²) in [6, 6.07) is 0. The van der Waals surface area contributed by atoms with Gasteiger partial charge in [-0.25, -0.2) is 0 Å². The van der Waals surface area contributed by atoms with Gasteiger partial charge < -0.3 is 14.7 Å². The molecule has 0 aliphatic carbocycles. The highest BCUT2D eigenvalue weighted by atomic mass is 32.2. The molecule has 5 nitrogen and oxygen atoms in total. The van der Waals surface area contributed by atoms with Crippen LogP contribution in [0.25, 0.3) is 0 Å². The van der Waals surface area contributed by atoms with Crippen molar-refractivity contribution in [1.29, 1.82) is 0 Å². The number of carbonyl (C=O) groups is 2. The Hall–Kier alpha value is -0.590. The molecule has 0 aromatic rings. The first kappa shape index (κ1) is 16.4. The van der Waals surface area contributed by atoms with Gasteiger partial charge in [0.1, 0.15) is 6.10 Å². The van der Waals surface area contributed by atoms with Crippen molar-refractivity contribution >= 4 is 22.8 Å². The van der Waals surface area contributed by atoms with E-state index in [0.717, 1.165) is 11.8 Å². The Morgan fingerprint density at radius 3 is 2.29 bits per heavy atom. The van der Waals surface area contributed by atoms with Crippen LogP contribution in [-0.2, 0) is 14.3 Å². The summed E-state index contributed by atoms with van der Waals surface area (Å²) in [6.07, 6.45) is -0.631. The Kier molecular flexibility index (Phi) is 6.74. The Morgan fingerprint density at radius 1 is 1.41 bits per heavy atom. The predicted molar refractivity (Wildman–Crippen MR) is 67.8 cm³/mol. The van der Waals surface area contributed by atoms with Crippen molar-refractivity contribution in [3.63, 3.8) is 0 Å². The fourth-order valence-electron chi connectivity index (χ4n) is 0.939. The van der Waals surface area contributed by atoms with E-state index in [0.29, 0.717) is 0 Å². The summed E-state index contributed by atoms with van der Waals surface area (Å²) < 4.78 is 5.04. The quantitative estimate of drug-likeness (QED) is 0.750. The smallest absolute Gasteiger partial charge is 0.252 e. The second-order valence-corrected chi connectivity index (χ2v) is 5.59. The highest BCUT2D eigenvalue weighted by Gasteiger charge is 2.29. The third-order valence-electron chi connectivity index (χ3n) is 2.31. The maximum atomic E-state index is 11.7. The van der Waals surface area contributed by atoms with E-state index in [9.17, 15) is 9.59 Å². The van der Waals surface area contributed by atoms with Gasteiger partial charge in [-0.3, -0.25) is 9.59 Å². The van der Waals surface area contributed by atoms with Crippen LogP contribution in [0, 0.1) is 5.41 Å². The maximum Gasteiger partial charge on any atom is 0.252 e. The van der Waals surface area contributed by atoms with Crippen LogP contribution in [0.3, 0.4) is 0 Å². The Balaban J connectivity index is 4.35. The fraction of sp³-hybridized carbons (Fsp3) is 0.818. The summed E-state index contributed by atoms with van der Waals surface area (Å²) in [4.78, 5) is 24.8. The number of thioether (sulfide) groups is 1. The van der Waals surface area contributed by atoms with Crippen LogP contribution in [0.15, 0.2) is 0 Å². The zero-order valence-corrected chi connectivity index (χ0v) is 11.8. The van der Waals surface area contributed by atoms with Crippen LogP contribution in [0.5, 0.6) is 0 Å². The summed E-state index contributed by atoms with van der Waals surface area (Å²) in [5.41, 5.74) is -0.788. The number of methoxy groups -OCH3 is 1. The van der Waals surface area contributed by atoms with E-state index < -0.39 is 11.5 Å². The average Bonchev–Trinajstić information content (AvgIpc) is 2.28. The van der Waals surface area contributed by atoms with Gasteiger partial charge in [0.05, 0.1) is 12.0 Å². The van der Waals surface area contributed by atoms with Crippen LogP contribution in [-0.4, -0.2) is 60.7 Å². The van der Waals surface area contributed by atoms with E-state index in [1.807, 2.05) is 0 Å². The van der Waals surface area contributed by atoms with Crippen molar-refractivity contribution in [2.75, 3.05) is 33.6 Å². The van der Waals surface area contributed by atoms with Crippen LogP contribution >= 0.6 is 11.8 Å². The van der Waals surface area contributed by atoms with Gasteiger partial charge in [0.25, 0.3) is 5.91 Å². The first-order chi connectivity index (χ1) is 7.76. The van der Waals surface area contributed by atoms with Crippen LogP contribution in [0.4, 0.5) is 0 Å². The van der Waals surface area contributed by atoms with Gasteiger partial charge in [0.2, 0.25) is 0 Å². The Labute approximate surface area is 107 Å².